The van der Waals surface area contributed by atoms with Crippen molar-refractivity contribution in [3.05, 3.63) is 0 Å². The number of aliphatic hydroxyl groups excluding tert-OH is 1. The number of nitrogens with one attached hydrogen (secondary N) is 2. The zero-order valence-corrected chi connectivity index (χ0v) is 7.76. The maximum atomic E-state index is 11.0. The molecule has 72 valence electrons. The van der Waals surface area contributed by atoms with E-state index in [0.29, 0.717) is 6.54 Å². The Morgan fingerprint density at radius 2 is 2.25 bits per heavy atom. The van der Waals surface area contributed by atoms with Crippen LogP contribution in [0.1, 0.15) is 20.3 Å². The Kier molecular flexibility index (Phi) is 6.70. The molecule has 0 aliphatic carbocycles. The van der Waals surface area contributed by atoms with E-state index in [1.54, 1.807) is 6.92 Å². The summed E-state index contributed by atoms with van der Waals surface area (Å²) in [5.74, 6) is -0.0648. The topological polar surface area (TPSA) is 61.4 Å². The molecule has 0 fully saturated rings. The first-order valence-electron chi connectivity index (χ1n) is 4.31. The molecule has 3 N–H and O–H groups in total. The Hall–Kier alpha value is -0.610. The highest BCUT2D eigenvalue weighted by Crippen LogP contribution is 1.77. The summed E-state index contributed by atoms with van der Waals surface area (Å²) in [5.41, 5.74) is 0. The molecule has 0 unspecified atom stereocenters. The molecule has 0 saturated heterocycles. The zero-order valence-electron chi connectivity index (χ0n) is 7.76. The highest BCUT2D eigenvalue weighted by molar-refractivity contribution is 5.78. The highest BCUT2D eigenvalue weighted by Gasteiger charge is 2.03. The van der Waals surface area contributed by atoms with E-state index >= 15 is 0 Å². The van der Waals surface area contributed by atoms with Gasteiger partial charge in [-0.1, -0.05) is 6.92 Å². The van der Waals surface area contributed by atoms with Gasteiger partial charge in [-0.15, -0.1) is 0 Å². The van der Waals surface area contributed by atoms with Crippen LogP contribution < -0.4 is 10.6 Å². The Balaban J connectivity index is 3.33. The molecule has 0 aromatic carbocycles. The molecule has 0 aromatic rings. The summed E-state index contributed by atoms with van der Waals surface area (Å²) < 4.78 is 0. The molecule has 1 atom stereocenters. The second kappa shape index (κ2) is 7.06. The Bertz CT molecular complexity index is 128. The van der Waals surface area contributed by atoms with Crippen molar-refractivity contribution >= 4 is 5.91 Å². The third-order valence-corrected chi connectivity index (χ3v) is 1.39. The molecule has 0 aromatic heterocycles. The molecular weight excluding hydrogens is 156 g/mol. The maximum absolute atomic E-state index is 11.0. The number of amides is 1. The summed E-state index contributed by atoms with van der Waals surface area (Å²) in [6.07, 6.45) is 1.02. The van der Waals surface area contributed by atoms with Crippen molar-refractivity contribution in [1.82, 2.24) is 10.6 Å². The molecule has 0 bridgehead atoms. The first-order chi connectivity index (χ1) is 5.70. The van der Waals surface area contributed by atoms with Gasteiger partial charge < -0.3 is 15.7 Å². The number of carbonyl (C=O) groups excluding carboxylic acids is 1. The summed E-state index contributed by atoms with van der Waals surface area (Å²) >= 11 is 0. The van der Waals surface area contributed by atoms with Crippen LogP contribution in [0.5, 0.6) is 0 Å². The first-order valence-corrected chi connectivity index (χ1v) is 4.31. The van der Waals surface area contributed by atoms with Crippen molar-refractivity contribution in [2.24, 2.45) is 0 Å². The van der Waals surface area contributed by atoms with E-state index < -0.39 is 0 Å². The second-order valence-electron chi connectivity index (χ2n) is 2.83. The Morgan fingerprint density at radius 1 is 1.58 bits per heavy atom. The summed E-state index contributed by atoms with van der Waals surface area (Å²) in [6, 6.07) is -0.152. The van der Waals surface area contributed by atoms with E-state index in [0.717, 1.165) is 13.0 Å². The predicted molar refractivity (Wildman–Crippen MR) is 47.9 cm³/mol. The molecule has 0 heterocycles. The van der Waals surface area contributed by atoms with Crippen LogP contribution in [0.4, 0.5) is 0 Å². The van der Waals surface area contributed by atoms with Gasteiger partial charge in [0.15, 0.2) is 0 Å². The van der Waals surface area contributed by atoms with Crippen LogP contribution in [-0.4, -0.2) is 36.8 Å². The third-order valence-electron chi connectivity index (χ3n) is 1.39. The monoisotopic (exact) mass is 174 g/mol. The van der Waals surface area contributed by atoms with Gasteiger partial charge in [0.05, 0.1) is 13.2 Å². The summed E-state index contributed by atoms with van der Waals surface area (Å²) in [4.78, 5) is 11.0. The van der Waals surface area contributed by atoms with Crippen LogP contribution in [0.3, 0.4) is 0 Å². The van der Waals surface area contributed by atoms with E-state index in [4.69, 9.17) is 5.11 Å². The van der Waals surface area contributed by atoms with Crippen LogP contribution >= 0.6 is 0 Å². The lowest BCUT2D eigenvalue weighted by atomic mass is 10.3. The average Bonchev–Trinajstić information content (AvgIpc) is 2.05. The number of aliphatic hydroxyl groups is 1. The Labute approximate surface area is 73.3 Å². The summed E-state index contributed by atoms with van der Waals surface area (Å²) in [5, 5.41) is 14.2. The van der Waals surface area contributed by atoms with E-state index in [2.05, 4.69) is 10.6 Å². The maximum Gasteiger partial charge on any atom is 0.234 e. The lowest BCUT2D eigenvalue weighted by molar-refractivity contribution is -0.121. The zero-order chi connectivity index (χ0) is 9.40. The predicted octanol–water partition coefficient (Wildman–Crippen LogP) is -0.517. The number of rotatable bonds is 6. The van der Waals surface area contributed by atoms with Crippen molar-refractivity contribution in [1.29, 1.82) is 0 Å². The number of hydrogen-bond acceptors (Lipinski definition) is 3. The van der Waals surface area contributed by atoms with Crippen molar-refractivity contribution in [3.63, 3.8) is 0 Å². The number of hydrogen-bond donors (Lipinski definition) is 3. The molecule has 0 spiro atoms. The largest absolute Gasteiger partial charge is 0.394 e. The minimum Gasteiger partial charge on any atom is -0.394 e. The van der Waals surface area contributed by atoms with Crippen LogP contribution in [-0.2, 0) is 4.79 Å². The molecule has 0 aliphatic heterocycles. The standard InChI is InChI=1S/C8H18N2O2/c1-3-4-9-5-8(12)10-7(2)6-11/h7,9,11H,3-6H2,1-2H3,(H,10,12)/t7-/m1/s1. The van der Waals surface area contributed by atoms with Gasteiger partial charge in [-0.25, -0.2) is 0 Å². The molecule has 4 nitrogen and oxygen atoms in total. The molecule has 1 amide bonds. The minimum absolute atomic E-state index is 0.0144. The molecule has 12 heavy (non-hydrogen) atoms. The average molecular weight is 174 g/mol. The first kappa shape index (κ1) is 11.4. The van der Waals surface area contributed by atoms with Gasteiger partial charge in [-0.3, -0.25) is 4.79 Å². The van der Waals surface area contributed by atoms with Gasteiger partial charge in [0.25, 0.3) is 0 Å². The van der Waals surface area contributed by atoms with Gasteiger partial charge in [-0.05, 0) is 19.9 Å². The van der Waals surface area contributed by atoms with Crippen molar-refractivity contribution < 1.29 is 9.90 Å². The van der Waals surface area contributed by atoms with E-state index in [1.165, 1.54) is 0 Å². The fraction of sp³-hybridized carbons (Fsp3) is 0.875. The fourth-order valence-electron chi connectivity index (χ4n) is 0.750. The van der Waals surface area contributed by atoms with Crippen molar-refractivity contribution in [2.45, 2.75) is 26.3 Å². The van der Waals surface area contributed by atoms with Gasteiger partial charge in [0.2, 0.25) is 5.91 Å². The van der Waals surface area contributed by atoms with Crippen LogP contribution in [0.15, 0.2) is 0 Å². The lowest BCUT2D eigenvalue weighted by Crippen LogP contribution is -2.40. The third kappa shape index (κ3) is 6.12. The normalized spacial score (nSPS) is 12.6. The van der Waals surface area contributed by atoms with Crippen LogP contribution in [0, 0.1) is 0 Å². The van der Waals surface area contributed by atoms with Crippen LogP contribution in [0.25, 0.3) is 0 Å². The molecule has 0 rings (SSSR count). The molecule has 0 saturated carbocycles. The molecule has 0 aliphatic rings. The summed E-state index contributed by atoms with van der Waals surface area (Å²) in [7, 11) is 0. The van der Waals surface area contributed by atoms with Crippen molar-refractivity contribution in [2.75, 3.05) is 19.7 Å². The highest BCUT2D eigenvalue weighted by atomic mass is 16.3. The van der Waals surface area contributed by atoms with Crippen molar-refractivity contribution in [3.8, 4) is 0 Å². The smallest absolute Gasteiger partial charge is 0.234 e. The second-order valence-corrected chi connectivity index (χ2v) is 2.83. The fourth-order valence-corrected chi connectivity index (χ4v) is 0.750. The molecule has 4 heteroatoms. The van der Waals surface area contributed by atoms with Gasteiger partial charge in [0, 0.05) is 6.04 Å². The van der Waals surface area contributed by atoms with Gasteiger partial charge in [0.1, 0.15) is 0 Å². The number of carbonyl (C=O) groups is 1. The lowest BCUT2D eigenvalue weighted by Gasteiger charge is -2.10. The SMILES string of the molecule is CCCNCC(=O)N[C@H](C)CO. The van der Waals surface area contributed by atoms with Crippen LogP contribution in [0.2, 0.25) is 0 Å². The van der Waals surface area contributed by atoms with E-state index in [1.807, 2.05) is 6.92 Å². The quantitative estimate of drug-likeness (QED) is 0.475. The van der Waals surface area contributed by atoms with E-state index in [9.17, 15) is 4.79 Å². The molecular formula is C8H18N2O2. The molecule has 0 radical (unpaired) electrons. The minimum atomic E-state index is -0.152. The van der Waals surface area contributed by atoms with Gasteiger partial charge in [-0.2, -0.15) is 0 Å². The van der Waals surface area contributed by atoms with Gasteiger partial charge >= 0.3 is 0 Å². The summed E-state index contributed by atoms with van der Waals surface area (Å²) in [6.45, 7) is 4.97. The Morgan fingerprint density at radius 3 is 2.75 bits per heavy atom. The van der Waals surface area contributed by atoms with E-state index in [-0.39, 0.29) is 18.6 Å².